The molecule has 0 aliphatic heterocycles. The lowest BCUT2D eigenvalue weighted by Gasteiger charge is -2.26. The van der Waals surface area contributed by atoms with E-state index < -0.39 is 0 Å². The number of hydrogen-bond donors (Lipinski definition) is 0. The van der Waals surface area contributed by atoms with Crippen molar-refractivity contribution in [2.24, 2.45) is 0 Å². The molecule has 3 aromatic heterocycles. The van der Waals surface area contributed by atoms with Gasteiger partial charge in [-0.2, -0.15) is 0 Å². The molecule has 0 unspecified atom stereocenters. The zero-order valence-corrected chi connectivity index (χ0v) is 27.3. The van der Waals surface area contributed by atoms with Gasteiger partial charge >= 0.3 is 0 Å². The van der Waals surface area contributed by atoms with Crippen LogP contribution >= 0.6 is 22.7 Å². The molecule has 0 radical (unpaired) electrons. The van der Waals surface area contributed by atoms with Crippen LogP contribution in [0.5, 0.6) is 0 Å². The van der Waals surface area contributed by atoms with Crippen LogP contribution in [-0.4, -0.2) is 4.98 Å². The number of furan rings is 1. The summed E-state index contributed by atoms with van der Waals surface area (Å²) in [5, 5.41) is 5.80. The van der Waals surface area contributed by atoms with Crippen molar-refractivity contribution in [1.82, 2.24) is 4.98 Å². The van der Waals surface area contributed by atoms with Gasteiger partial charge in [0, 0.05) is 59.1 Å². The molecule has 0 saturated carbocycles. The van der Waals surface area contributed by atoms with Gasteiger partial charge in [-0.05, 0) is 66.2 Å². The predicted molar refractivity (Wildman–Crippen MR) is 205 cm³/mol. The highest BCUT2D eigenvalue weighted by Gasteiger charge is 2.18. The fourth-order valence-electron chi connectivity index (χ4n) is 6.87. The van der Waals surface area contributed by atoms with Gasteiger partial charge in [0.2, 0.25) is 0 Å². The van der Waals surface area contributed by atoms with Gasteiger partial charge in [-0.15, -0.1) is 22.7 Å². The van der Waals surface area contributed by atoms with E-state index in [9.17, 15) is 0 Å². The van der Waals surface area contributed by atoms with E-state index in [1.165, 1.54) is 24.9 Å². The van der Waals surface area contributed by atoms with Crippen LogP contribution < -0.4 is 4.90 Å². The largest absolute Gasteiger partial charge is 0.455 e. The molecule has 0 N–H and O–H groups in total. The van der Waals surface area contributed by atoms with Gasteiger partial charge in [-0.3, -0.25) is 0 Å². The van der Waals surface area contributed by atoms with Gasteiger partial charge in [0.05, 0.1) is 10.2 Å². The second kappa shape index (κ2) is 10.9. The molecular formula is C43H26N2OS2. The minimum atomic E-state index is 0.911. The van der Waals surface area contributed by atoms with Crippen molar-refractivity contribution in [3.05, 3.63) is 158 Å². The minimum Gasteiger partial charge on any atom is -0.455 e. The normalized spacial score (nSPS) is 11.8. The Labute approximate surface area is 284 Å². The Morgan fingerprint density at radius 3 is 2.02 bits per heavy atom. The van der Waals surface area contributed by atoms with Crippen LogP contribution in [0.3, 0.4) is 0 Å². The number of rotatable bonds is 5. The first-order chi connectivity index (χ1) is 23.8. The molecule has 226 valence electrons. The molecule has 0 aliphatic carbocycles. The van der Waals surface area contributed by atoms with Crippen LogP contribution in [-0.2, 0) is 0 Å². The second-order valence-electron chi connectivity index (χ2n) is 12.0. The average Bonchev–Trinajstić information content (AvgIpc) is 3.86. The zero-order valence-electron chi connectivity index (χ0n) is 25.6. The topological polar surface area (TPSA) is 29.3 Å². The van der Waals surface area contributed by atoms with E-state index in [2.05, 4.69) is 150 Å². The summed E-state index contributed by atoms with van der Waals surface area (Å²) in [4.78, 5) is 7.54. The van der Waals surface area contributed by atoms with Gasteiger partial charge in [-0.1, -0.05) is 97.1 Å². The highest BCUT2D eigenvalue weighted by atomic mass is 32.1. The highest BCUT2D eigenvalue weighted by Crippen LogP contribution is 2.45. The Kier molecular flexibility index (Phi) is 6.22. The number of fused-ring (bicyclic) bond motifs is 8. The molecule has 0 saturated heterocycles. The molecule has 0 bridgehead atoms. The average molecular weight is 651 g/mol. The third-order valence-electron chi connectivity index (χ3n) is 9.11. The van der Waals surface area contributed by atoms with Crippen molar-refractivity contribution < 1.29 is 4.42 Å². The quantitative estimate of drug-likeness (QED) is 0.186. The first-order valence-electron chi connectivity index (χ1n) is 16.0. The summed E-state index contributed by atoms with van der Waals surface area (Å²) in [7, 11) is 0. The smallest absolute Gasteiger partial charge is 0.143 e. The number of para-hydroxylation sites is 3. The van der Waals surface area contributed by atoms with E-state index >= 15 is 0 Å². The third kappa shape index (κ3) is 4.36. The fraction of sp³-hybridized carbons (Fsp3) is 0. The zero-order chi connectivity index (χ0) is 31.6. The van der Waals surface area contributed by atoms with E-state index in [1.54, 1.807) is 11.3 Å². The molecular weight excluding hydrogens is 625 g/mol. The number of thiazole rings is 1. The summed E-state index contributed by atoms with van der Waals surface area (Å²) in [6, 6.07) is 55.9. The van der Waals surface area contributed by atoms with Crippen molar-refractivity contribution in [3.63, 3.8) is 0 Å². The van der Waals surface area contributed by atoms with Gasteiger partial charge in [0.1, 0.15) is 16.2 Å². The van der Waals surface area contributed by atoms with Crippen molar-refractivity contribution in [1.29, 1.82) is 0 Å². The third-order valence-corrected chi connectivity index (χ3v) is 11.3. The molecule has 0 fully saturated rings. The van der Waals surface area contributed by atoms with Crippen LogP contribution in [0.2, 0.25) is 0 Å². The van der Waals surface area contributed by atoms with Crippen molar-refractivity contribution in [2.45, 2.75) is 0 Å². The Hall–Kier alpha value is -5.75. The summed E-state index contributed by atoms with van der Waals surface area (Å²) < 4.78 is 10.1. The number of aromatic nitrogens is 1. The van der Waals surface area contributed by atoms with Gasteiger partial charge in [0.15, 0.2) is 0 Å². The maximum atomic E-state index is 6.37. The van der Waals surface area contributed by atoms with Gasteiger partial charge in [-0.25, -0.2) is 4.98 Å². The van der Waals surface area contributed by atoms with Crippen molar-refractivity contribution in [3.8, 4) is 21.7 Å². The lowest BCUT2D eigenvalue weighted by molar-refractivity contribution is 0.670. The lowest BCUT2D eigenvalue weighted by Crippen LogP contribution is -2.09. The van der Waals surface area contributed by atoms with Gasteiger partial charge in [0.25, 0.3) is 0 Å². The summed E-state index contributed by atoms with van der Waals surface area (Å²) in [6.45, 7) is 0. The molecule has 3 heterocycles. The Balaban J connectivity index is 1.11. The Morgan fingerprint density at radius 1 is 0.479 bits per heavy atom. The fourth-order valence-corrected chi connectivity index (χ4v) is 8.94. The molecule has 5 heteroatoms. The molecule has 48 heavy (non-hydrogen) atoms. The molecule has 0 atom stereocenters. The van der Waals surface area contributed by atoms with E-state index in [4.69, 9.17) is 9.40 Å². The number of benzene rings is 7. The van der Waals surface area contributed by atoms with E-state index in [0.29, 0.717) is 0 Å². The monoisotopic (exact) mass is 650 g/mol. The van der Waals surface area contributed by atoms with Crippen LogP contribution in [0, 0.1) is 0 Å². The SMILES string of the molecule is c1ccc(-c2nc3c(ccc4sc5ccc(N(c6ccccc6)c6ccc(-c7cccc8c7oc7ccccc78)cc6)cc5c43)s2)cc1. The molecule has 0 spiro atoms. The van der Waals surface area contributed by atoms with E-state index in [0.717, 1.165) is 66.2 Å². The van der Waals surface area contributed by atoms with Crippen LogP contribution in [0.25, 0.3) is 74.0 Å². The second-order valence-corrected chi connectivity index (χ2v) is 14.1. The summed E-state index contributed by atoms with van der Waals surface area (Å²) in [5.74, 6) is 0. The maximum Gasteiger partial charge on any atom is 0.143 e. The minimum absolute atomic E-state index is 0.911. The molecule has 0 amide bonds. The first-order valence-corrected chi connectivity index (χ1v) is 17.6. The Morgan fingerprint density at radius 2 is 1.17 bits per heavy atom. The van der Waals surface area contributed by atoms with Crippen molar-refractivity contribution in [2.75, 3.05) is 4.90 Å². The lowest BCUT2D eigenvalue weighted by atomic mass is 10.0. The van der Waals surface area contributed by atoms with Crippen LogP contribution in [0.4, 0.5) is 17.1 Å². The Bertz CT molecular complexity index is 2780. The highest BCUT2D eigenvalue weighted by molar-refractivity contribution is 7.26. The maximum absolute atomic E-state index is 6.37. The molecule has 10 rings (SSSR count). The molecule has 10 aromatic rings. The number of nitrogens with zero attached hydrogens (tertiary/aromatic N) is 2. The summed E-state index contributed by atoms with van der Waals surface area (Å²) in [5.41, 5.74) is 9.58. The molecule has 0 aliphatic rings. The molecule has 3 nitrogen and oxygen atoms in total. The number of anilines is 3. The predicted octanol–water partition coefficient (Wildman–Crippen LogP) is 13.4. The van der Waals surface area contributed by atoms with E-state index in [-0.39, 0.29) is 0 Å². The van der Waals surface area contributed by atoms with Crippen LogP contribution in [0.15, 0.2) is 162 Å². The standard InChI is InChI=1S/C43H26N2OS2/c1-3-10-28(11-4-1)43-44-41-39(48-43)25-24-38-40(41)35-26-31(22-23-37(35)47-38)45(29-12-5-2-6-13-29)30-20-18-27(19-21-30)32-15-9-16-34-33-14-7-8-17-36(33)46-42(32)34/h1-26H. The van der Waals surface area contributed by atoms with E-state index in [1.807, 2.05) is 23.5 Å². The van der Waals surface area contributed by atoms with Crippen molar-refractivity contribution >= 4 is 92.1 Å². The summed E-state index contributed by atoms with van der Waals surface area (Å²) in [6.07, 6.45) is 0. The first kappa shape index (κ1) is 27.4. The van der Waals surface area contributed by atoms with Crippen LogP contribution in [0.1, 0.15) is 0 Å². The van der Waals surface area contributed by atoms with Gasteiger partial charge < -0.3 is 9.32 Å². The summed E-state index contributed by atoms with van der Waals surface area (Å²) >= 11 is 3.59. The number of hydrogen-bond acceptors (Lipinski definition) is 5. The molecule has 7 aromatic carbocycles. The number of thiophene rings is 1.